The van der Waals surface area contributed by atoms with Crippen molar-refractivity contribution in [1.82, 2.24) is 5.32 Å². The second-order valence-corrected chi connectivity index (χ2v) is 7.07. The molecule has 2 aromatic rings. The summed E-state index contributed by atoms with van der Waals surface area (Å²) in [6, 6.07) is 6.82. The summed E-state index contributed by atoms with van der Waals surface area (Å²) in [5.41, 5.74) is 1.55. The van der Waals surface area contributed by atoms with Crippen LogP contribution in [-0.4, -0.2) is 12.3 Å². The molecule has 0 spiro atoms. The first kappa shape index (κ1) is 13.3. The third-order valence-corrected chi connectivity index (χ3v) is 5.78. The normalized spacial score (nSPS) is 16.3. The van der Waals surface area contributed by atoms with Gasteiger partial charge in [0.1, 0.15) is 5.76 Å². The number of nitrogens with one attached hydrogen (secondary N) is 1. The largest absolute Gasteiger partial charge is 0.469 e. The Balaban J connectivity index is 1.80. The Kier molecular flexibility index (Phi) is 4.31. The summed E-state index contributed by atoms with van der Waals surface area (Å²) < 4.78 is 5.49. The third kappa shape index (κ3) is 3.07. The fourth-order valence-corrected chi connectivity index (χ4v) is 4.94. The highest BCUT2D eigenvalue weighted by molar-refractivity contribution is 7.98. The zero-order chi connectivity index (χ0) is 13.1. The second-order valence-electron chi connectivity index (χ2n) is 4.79. The molecule has 0 aliphatic carbocycles. The lowest BCUT2D eigenvalue weighted by Crippen LogP contribution is -2.21. The van der Waals surface area contributed by atoms with E-state index in [0.717, 1.165) is 18.7 Å². The van der Waals surface area contributed by atoms with Crippen molar-refractivity contribution < 1.29 is 4.42 Å². The summed E-state index contributed by atoms with van der Waals surface area (Å²) in [5, 5.41) is 3.59. The Labute approximate surface area is 122 Å². The summed E-state index contributed by atoms with van der Waals surface area (Å²) in [5.74, 6) is 3.52. The van der Waals surface area contributed by atoms with E-state index in [4.69, 9.17) is 4.42 Å². The molecule has 0 radical (unpaired) electrons. The number of aryl methyl sites for hydroxylation is 1. The highest BCUT2D eigenvalue weighted by Gasteiger charge is 2.19. The minimum Gasteiger partial charge on any atom is -0.469 e. The minimum atomic E-state index is 0.386. The molecule has 0 aromatic carbocycles. The van der Waals surface area contributed by atoms with Gasteiger partial charge in [0.05, 0.1) is 6.26 Å². The molecule has 1 N–H and O–H groups in total. The third-order valence-electron chi connectivity index (χ3n) is 3.43. The van der Waals surface area contributed by atoms with E-state index in [-0.39, 0.29) is 0 Å². The Morgan fingerprint density at radius 3 is 3.16 bits per heavy atom. The fourth-order valence-electron chi connectivity index (χ4n) is 2.49. The van der Waals surface area contributed by atoms with Gasteiger partial charge in [0.2, 0.25) is 0 Å². The van der Waals surface area contributed by atoms with Crippen LogP contribution in [0, 0.1) is 0 Å². The minimum absolute atomic E-state index is 0.386. The van der Waals surface area contributed by atoms with Gasteiger partial charge in [-0.3, -0.25) is 0 Å². The van der Waals surface area contributed by atoms with Crippen LogP contribution < -0.4 is 5.32 Å². The molecule has 0 saturated carbocycles. The van der Waals surface area contributed by atoms with Crippen molar-refractivity contribution in [1.29, 1.82) is 0 Å². The van der Waals surface area contributed by atoms with Crippen molar-refractivity contribution in [2.24, 2.45) is 0 Å². The molecule has 2 aromatic heterocycles. The van der Waals surface area contributed by atoms with Crippen LogP contribution >= 0.6 is 23.1 Å². The van der Waals surface area contributed by atoms with Gasteiger partial charge < -0.3 is 9.73 Å². The van der Waals surface area contributed by atoms with Crippen molar-refractivity contribution in [3.63, 3.8) is 0 Å². The number of fused-ring (bicyclic) bond motifs is 1. The van der Waals surface area contributed by atoms with E-state index in [2.05, 4.69) is 24.4 Å². The van der Waals surface area contributed by atoms with Crippen molar-refractivity contribution in [3.05, 3.63) is 45.5 Å². The van der Waals surface area contributed by atoms with Crippen LogP contribution in [0.3, 0.4) is 0 Å². The number of thioether (sulfide) groups is 1. The maximum Gasteiger partial charge on any atom is 0.105 e. The van der Waals surface area contributed by atoms with Crippen molar-refractivity contribution in [3.8, 4) is 0 Å². The molecular weight excluding hydrogens is 274 g/mol. The highest BCUT2D eigenvalue weighted by Crippen LogP contribution is 2.35. The SMILES string of the molecule is CCNC(Cc1ccco1)c1cc2c(s1)CCSC2. The summed E-state index contributed by atoms with van der Waals surface area (Å²) in [7, 11) is 0. The Morgan fingerprint density at radius 2 is 2.42 bits per heavy atom. The second kappa shape index (κ2) is 6.16. The number of likely N-dealkylation sites (N-methyl/N-ethyl adjacent to an activating group) is 1. The van der Waals surface area contributed by atoms with Crippen LogP contribution in [-0.2, 0) is 18.6 Å². The first-order valence-corrected chi connectivity index (χ1v) is 8.79. The van der Waals surface area contributed by atoms with Crippen LogP contribution in [0.5, 0.6) is 0 Å². The predicted octanol–water partition coefficient (Wildman–Crippen LogP) is 4.02. The Bertz CT molecular complexity index is 495. The number of hydrogen-bond donors (Lipinski definition) is 1. The zero-order valence-electron chi connectivity index (χ0n) is 11.1. The molecule has 1 atom stereocenters. The van der Waals surface area contributed by atoms with Crippen LogP contribution in [0.25, 0.3) is 0 Å². The number of hydrogen-bond acceptors (Lipinski definition) is 4. The molecule has 0 fully saturated rings. The highest BCUT2D eigenvalue weighted by atomic mass is 32.2. The molecule has 0 amide bonds. The molecule has 19 heavy (non-hydrogen) atoms. The molecule has 3 heterocycles. The van der Waals surface area contributed by atoms with Gasteiger partial charge in [0.15, 0.2) is 0 Å². The van der Waals surface area contributed by atoms with E-state index < -0.39 is 0 Å². The first-order chi connectivity index (χ1) is 9.36. The molecule has 1 aliphatic rings. The Hall–Kier alpha value is -0.710. The van der Waals surface area contributed by atoms with Gasteiger partial charge in [-0.2, -0.15) is 11.8 Å². The summed E-state index contributed by atoms with van der Waals surface area (Å²) in [6.07, 6.45) is 3.94. The van der Waals surface area contributed by atoms with Crippen molar-refractivity contribution in [2.75, 3.05) is 12.3 Å². The van der Waals surface area contributed by atoms with Gasteiger partial charge in [-0.05, 0) is 42.5 Å². The van der Waals surface area contributed by atoms with Gasteiger partial charge in [-0.15, -0.1) is 11.3 Å². The Morgan fingerprint density at radius 1 is 1.47 bits per heavy atom. The van der Waals surface area contributed by atoms with E-state index in [0.29, 0.717) is 6.04 Å². The van der Waals surface area contributed by atoms with Gasteiger partial charge in [-0.1, -0.05) is 6.92 Å². The number of rotatable bonds is 5. The number of furan rings is 1. The standard InChI is InChI=1S/C15H19NOS2/c1-2-16-13(9-12-4-3-6-17-12)15-8-11-10-18-7-5-14(11)19-15/h3-4,6,8,13,16H,2,5,7,9-10H2,1H3. The average molecular weight is 293 g/mol. The monoisotopic (exact) mass is 293 g/mol. The maximum atomic E-state index is 5.49. The fraction of sp³-hybridized carbons (Fsp3) is 0.467. The van der Waals surface area contributed by atoms with Gasteiger partial charge in [-0.25, -0.2) is 0 Å². The van der Waals surface area contributed by atoms with Crippen LogP contribution in [0.2, 0.25) is 0 Å². The van der Waals surface area contributed by atoms with E-state index in [1.165, 1.54) is 22.8 Å². The van der Waals surface area contributed by atoms with Gasteiger partial charge in [0.25, 0.3) is 0 Å². The van der Waals surface area contributed by atoms with Gasteiger partial charge >= 0.3 is 0 Å². The predicted molar refractivity (Wildman–Crippen MR) is 83.0 cm³/mol. The molecule has 1 unspecified atom stereocenters. The van der Waals surface area contributed by atoms with E-state index in [1.807, 2.05) is 29.2 Å². The smallest absolute Gasteiger partial charge is 0.105 e. The van der Waals surface area contributed by atoms with Crippen LogP contribution in [0.15, 0.2) is 28.9 Å². The average Bonchev–Trinajstić information content (AvgIpc) is 3.06. The van der Waals surface area contributed by atoms with Crippen molar-refractivity contribution in [2.45, 2.75) is 31.6 Å². The van der Waals surface area contributed by atoms with Crippen molar-refractivity contribution >= 4 is 23.1 Å². The van der Waals surface area contributed by atoms with E-state index >= 15 is 0 Å². The van der Waals surface area contributed by atoms with Gasteiger partial charge in [0, 0.05) is 28.0 Å². The lowest BCUT2D eigenvalue weighted by molar-refractivity contribution is 0.458. The molecular formula is C15H19NOS2. The molecule has 102 valence electrons. The summed E-state index contributed by atoms with van der Waals surface area (Å²) >= 11 is 4.04. The maximum absolute atomic E-state index is 5.49. The van der Waals surface area contributed by atoms with Crippen LogP contribution in [0.1, 0.15) is 34.0 Å². The molecule has 4 heteroatoms. The summed E-state index contributed by atoms with van der Waals surface area (Å²) in [4.78, 5) is 3.06. The summed E-state index contributed by atoms with van der Waals surface area (Å²) in [6.45, 7) is 3.15. The van der Waals surface area contributed by atoms with E-state index in [1.54, 1.807) is 16.7 Å². The molecule has 2 nitrogen and oxygen atoms in total. The molecule has 0 bridgehead atoms. The van der Waals surface area contributed by atoms with E-state index in [9.17, 15) is 0 Å². The molecule has 3 rings (SSSR count). The lowest BCUT2D eigenvalue weighted by atomic mass is 10.1. The topological polar surface area (TPSA) is 25.2 Å². The van der Waals surface area contributed by atoms with Crippen LogP contribution in [0.4, 0.5) is 0 Å². The first-order valence-electron chi connectivity index (χ1n) is 6.82. The zero-order valence-corrected chi connectivity index (χ0v) is 12.8. The lowest BCUT2D eigenvalue weighted by Gasteiger charge is -2.14. The number of thiophene rings is 1. The molecule has 0 saturated heterocycles. The molecule has 1 aliphatic heterocycles. The quantitative estimate of drug-likeness (QED) is 0.901.